The van der Waals surface area contributed by atoms with E-state index >= 15 is 0 Å². The second kappa shape index (κ2) is 4.18. The van der Waals surface area contributed by atoms with Gasteiger partial charge >= 0.3 is 0 Å². The molecule has 1 heterocycles. The zero-order valence-corrected chi connectivity index (χ0v) is 11.8. The molecule has 1 aromatic carbocycles. The predicted molar refractivity (Wildman–Crippen MR) is 78.5 cm³/mol. The van der Waals surface area contributed by atoms with Crippen molar-refractivity contribution in [2.45, 2.75) is 58.0 Å². The van der Waals surface area contributed by atoms with E-state index in [4.69, 9.17) is 0 Å². The van der Waals surface area contributed by atoms with Crippen molar-refractivity contribution in [3.05, 3.63) is 23.8 Å². The summed E-state index contributed by atoms with van der Waals surface area (Å²) in [6.45, 7) is 7.94. The minimum Gasteiger partial charge on any atom is -0.381 e. The lowest BCUT2D eigenvalue weighted by molar-refractivity contribution is 0.381. The van der Waals surface area contributed by atoms with E-state index in [2.05, 4.69) is 49.2 Å². The summed E-state index contributed by atoms with van der Waals surface area (Å²) < 4.78 is 0. The fourth-order valence-electron chi connectivity index (χ4n) is 3.88. The third-order valence-corrected chi connectivity index (χ3v) is 4.58. The van der Waals surface area contributed by atoms with E-state index in [0.29, 0.717) is 11.6 Å². The van der Waals surface area contributed by atoms with Gasteiger partial charge in [-0.05, 0) is 51.3 Å². The summed E-state index contributed by atoms with van der Waals surface area (Å²) in [6.07, 6.45) is 5.44. The Bertz CT molecular complexity index is 444. The van der Waals surface area contributed by atoms with Crippen LogP contribution in [0.3, 0.4) is 0 Å². The van der Waals surface area contributed by atoms with E-state index in [1.807, 2.05) is 0 Å². The van der Waals surface area contributed by atoms with E-state index in [-0.39, 0.29) is 0 Å². The maximum Gasteiger partial charge on any atom is 0.0609 e. The number of anilines is 2. The zero-order chi connectivity index (χ0) is 12.8. The lowest BCUT2D eigenvalue weighted by Crippen LogP contribution is -2.57. The van der Waals surface area contributed by atoms with Crippen molar-refractivity contribution in [2.24, 2.45) is 0 Å². The number of rotatable bonds is 1. The van der Waals surface area contributed by atoms with Crippen LogP contribution in [0.5, 0.6) is 0 Å². The number of benzene rings is 1. The van der Waals surface area contributed by atoms with Gasteiger partial charge in [-0.25, -0.2) is 0 Å². The molecule has 0 atom stereocenters. The molecular formula is C16H24N2. The molecule has 1 aliphatic heterocycles. The Morgan fingerprint density at radius 3 is 2.61 bits per heavy atom. The summed E-state index contributed by atoms with van der Waals surface area (Å²) in [5, 5.41) is 3.68. The average Bonchev–Trinajstić information content (AvgIpc) is 2.78. The molecule has 1 fully saturated rings. The Labute approximate surface area is 110 Å². The highest BCUT2D eigenvalue weighted by molar-refractivity contribution is 5.75. The van der Waals surface area contributed by atoms with Gasteiger partial charge in [0, 0.05) is 12.6 Å². The van der Waals surface area contributed by atoms with Gasteiger partial charge in [-0.2, -0.15) is 0 Å². The quantitative estimate of drug-likeness (QED) is 0.804. The average molecular weight is 244 g/mol. The second-order valence-corrected chi connectivity index (χ2v) is 6.27. The lowest BCUT2D eigenvalue weighted by Gasteiger charge is -2.50. The summed E-state index contributed by atoms with van der Waals surface area (Å²) in [5.41, 5.74) is 4.44. The molecule has 0 bridgehead atoms. The third-order valence-electron chi connectivity index (χ3n) is 4.58. The van der Waals surface area contributed by atoms with Crippen molar-refractivity contribution >= 4 is 11.4 Å². The molecule has 98 valence electrons. The predicted octanol–water partition coefficient (Wildman–Crippen LogP) is 3.95. The largest absolute Gasteiger partial charge is 0.381 e. The van der Waals surface area contributed by atoms with Crippen molar-refractivity contribution < 1.29 is 0 Å². The maximum absolute atomic E-state index is 3.68. The van der Waals surface area contributed by atoms with Gasteiger partial charge in [0.15, 0.2) is 0 Å². The Morgan fingerprint density at radius 2 is 1.94 bits per heavy atom. The first-order valence-corrected chi connectivity index (χ1v) is 7.26. The highest BCUT2D eigenvalue weighted by Crippen LogP contribution is 2.45. The van der Waals surface area contributed by atoms with E-state index < -0.39 is 0 Å². The molecule has 2 nitrogen and oxygen atoms in total. The normalized spacial score (nSPS) is 21.2. The monoisotopic (exact) mass is 244 g/mol. The van der Waals surface area contributed by atoms with Gasteiger partial charge in [0.2, 0.25) is 0 Å². The van der Waals surface area contributed by atoms with Crippen LogP contribution in [0.1, 0.15) is 45.1 Å². The highest BCUT2D eigenvalue weighted by Gasteiger charge is 2.43. The van der Waals surface area contributed by atoms with E-state index in [0.717, 1.165) is 6.54 Å². The van der Waals surface area contributed by atoms with Crippen molar-refractivity contribution in [1.29, 1.82) is 0 Å². The minimum absolute atomic E-state index is 0.371. The molecule has 1 N–H and O–H groups in total. The molecular weight excluding hydrogens is 220 g/mol. The van der Waals surface area contributed by atoms with Crippen LogP contribution in [0.15, 0.2) is 18.2 Å². The molecule has 0 unspecified atom stereocenters. The summed E-state index contributed by atoms with van der Waals surface area (Å²) in [4.78, 5) is 2.69. The van der Waals surface area contributed by atoms with E-state index in [1.165, 1.54) is 42.6 Å². The highest BCUT2D eigenvalue weighted by atomic mass is 15.3. The fraction of sp³-hybridized carbons (Fsp3) is 0.625. The Morgan fingerprint density at radius 1 is 1.22 bits per heavy atom. The van der Waals surface area contributed by atoms with Crippen LogP contribution in [-0.2, 0) is 0 Å². The Hall–Kier alpha value is -1.18. The lowest BCUT2D eigenvalue weighted by atomic mass is 9.89. The number of aryl methyl sites for hydroxylation is 1. The molecule has 1 aromatic rings. The number of hydrogen-bond acceptors (Lipinski definition) is 2. The first-order valence-electron chi connectivity index (χ1n) is 7.26. The number of nitrogens with one attached hydrogen (secondary N) is 1. The van der Waals surface area contributed by atoms with E-state index in [9.17, 15) is 0 Å². The second-order valence-electron chi connectivity index (χ2n) is 6.27. The van der Waals surface area contributed by atoms with Crippen LogP contribution >= 0.6 is 0 Å². The molecule has 1 saturated carbocycles. The molecule has 0 amide bonds. The number of hydrogen-bond donors (Lipinski definition) is 1. The summed E-state index contributed by atoms with van der Waals surface area (Å²) in [7, 11) is 0. The van der Waals surface area contributed by atoms with Crippen LogP contribution in [0.25, 0.3) is 0 Å². The van der Waals surface area contributed by atoms with Crippen LogP contribution in [0.2, 0.25) is 0 Å². The fourth-order valence-corrected chi connectivity index (χ4v) is 3.88. The SMILES string of the molecule is Cc1ccc2c(c1)NCC1(CCCC1)N2C(C)C. The van der Waals surface area contributed by atoms with Crippen molar-refractivity contribution in [3.63, 3.8) is 0 Å². The van der Waals surface area contributed by atoms with Gasteiger partial charge < -0.3 is 10.2 Å². The van der Waals surface area contributed by atoms with Crippen LogP contribution in [0, 0.1) is 6.92 Å². The number of fused-ring (bicyclic) bond motifs is 1. The first kappa shape index (κ1) is 11.9. The van der Waals surface area contributed by atoms with Crippen molar-refractivity contribution in [3.8, 4) is 0 Å². The molecule has 2 heteroatoms. The van der Waals surface area contributed by atoms with Crippen LogP contribution in [0.4, 0.5) is 11.4 Å². The molecule has 1 spiro atoms. The van der Waals surface area contributed by atoms with Gasteiger partial charge in [0.05, 0.1) is 16.9 Å². The van der Waals surface area contributed by atoms with Gasteiger partial charge in [-0.15, -0.1) is 0 Å². The molecule has 0 saturated heterocycles. The van der Waals surface area contributed by atoms with Gasteiger partial charge in [-0.1, -0.05) is 18.9 Å². The van der Waals surface area contributed by atoms with Gasteiger partial charge in [0.1, 0.15) is 0 Å². The first-order chi connectivity index (χ1) is 8.62. The number of nitrogens with zero attached hydrogens (tertiary/aromatic N) is 1. The van der Waals surface area contributed by atoms with Gasteiger partial charge in [0.25, 0.3) is 0 Å². The van der Waals surface area contributed by atoms with Crippen molar-refractivity contribution in [2.75, 3.05) is 16.8 Å². The Kier molecular flexibility index (Phi) is 2.76. The topological polar surface area (TPSA) is 15.3 Å². The molecule has 2 aliphatic rings. The summed E-state index contributed by atoms with van der Waals surface area (Å²) in [6, 6.07) is 7.40. The van der Waals surface area contributed by atoms with Gasteiger partial charge in [-0.3, -0.25) is 0 Å². The summed E-state index contributed by atoms with van der Waals surface area (Å²) in [5.74, 6) is 0. The van der Waals surface area contributed by atoms with E-state index in [1.54, 1.807) is 0 Å². The molecule has 0 radical (unpaired) electrons. The van der Waals surface area contributed by atoms with Crippen molar-refractivity contribution in [1.82, 2.24) is 0 Å². The summed E-state index contributed by atoms with van der Waals surface area (Å²) >= 11 is 0. The zero-order valence-electron chi connectivity index (χ0n) is 11.8. The maximum atomic E-state index is 3.68. The molecule has 1 aliphatic carbocycles. The third kappa shape index (κ3) is 1.70. The minimum atomic E-state index is 0.371. The molecule has 0 aromatic heterocycles. The van der Waals surface area contributed by atoms with Crippen LogP contribution < -0.4 is 10.2 Å². The molecule has 18 heavy (non-hydrogen) atoms. The standard InChI is InChI=1S/C16H24N2/c1-12(2)18-15-7-6-13(3)10-14(15)17-11-16(18)8-4-5-9-16/h6-7,10,12,17H,4-5,8-9,11H2,1-3H3. The van der Waals surface area contributed by atoms with Crippen LogP contribution in [-0.4, -0.2) is 18.1 Å². The Balaban J connectivity index is 2.07. The smallest absolute Gasteiger partial charge is 0.0609 e. The molecule has 3 rings (SSSR count).